The maximum Gasteiger partial charge on any atom is 0.327 e. The number of nitrogens with zero attached hydrogens (tertiary/aromatic N) is 1. The van der Waals surface area contributed by atoms with E-state index in [-0.39, 0.29) is 31.1 Å². The third-order valence-electron chi connectivity index (χ3n) is 5.07. The number of thiol groups is 1. The summed E-state index contributed by atoms with van der Waals surface area (Å²) in [6.45, 7) is 1.43. The van der Waals surface area contributed by atoms with E-state index >= 15 is 0 Å². The minimum atomic E-state index is -1.49. The lowest BCUT2D eigenvalue weighted by Crippen LogP contribution is -2.60. The summed E-state index contributed by atoms with van der Waals surface area (Å²) in [5.41, 5.74) is 17.5. The molecule has 5 atom stereocenters. The molecule has 1 aromatic rings. The second kappa shape index (κ2) is 15.6. The summed E-state index contributed by atoms with van der Waals surface area (Å²) in [7, 11) is 0. The van der Waals surface area contributed by atoms with Gasteiger partial charge in [-0.3, -0.25) is 19.4 Å². The van der Waals surface area contributed by atoms with Crippen molar-refractivity contribution in [3.8, 4) is 0 Å². The summed E-state index contributed by atoms with van der Waals surface area (Å²) in [6, 6.07) is 4.16. The molecule has 0 saturated carbocycles. The number of carboxylic acids is 1. The van der Waals surface area contributed by atoms with Gasteiger partial charge in [-0.05, 0) is 31.7 Å². The largest absolute Gasteiger partial charge is 0.480 e. The molecule has 200 valence electrons. The van der Waals surface area contributed by atoms with Gasteiger partial charge in [-0.25, -0.2) is 4.79 Å². The fraction of sp³-hybridized carbons (Fsp3) is 0.500. The van der Waals surface area contributed by atoms with E-state index in [2.05, 4.69) is 33.6 Å². The van der Waals surface area contributed by atoms with E-state index in [9.17, 15) is 24.3 Å². The minimum absolute atomic E-state index is 0.0922. The number of nitrogens with two attached hydrogens (primary N) is 3. The molecular weight excluding hydrogens is 490 g/mol. The van der Waals surface area contributed by atoms with Crippen LogP contribution in [0, 0.1) is 0 Å². The Morgan fingerprint density at radius 3 is 2.14 bits per heavy atom. The minimum Gasteiger partial charge on any atom is -0.480 e. The van der Waals surface area contributed by atoms with Gasteiger partial charge in [0.25, 0.3) is 0 Å². The molecule has 14 heteroatoms. The van der Waals surface area contributed by atoms with Crippen molar-refractivity contribution >= 4 is 42.3 Å². The van der Waals surface area contributed by atoms with Crippen LogP contribution in [0.2, 0.25) is 0 Å². The standard InChI is InChI=1S/C22H35N7O6S/c1-12(30)17(20(33)28-16(11-36)21(34)35)29-19(32)15(8-5-9-26-22(24)25)27-18(31)14(23)10-13-6-3-2-4-7-13/h2-4,6-7,12,14-17,30,36H,5,8-11,23H2,1H3,(H,27,31)(H,28,33)(H,29,32)(H,34,35)(H4,24,25,26). The van der Waals surface area contributed by atoms with Crippen molar-refractivity contribution < 1.29 is 29.4 Å². The number of aliphatic hydroxyl groups excluding tert-OH is 1. The molecule has 0 aromatic heterocycles. The van der Waals surface area contributed by atoms with Gasteiger partial charge in [-0.15, -0.1) is 0 Å². The molecule has 0 bridgehead atoms. The van der Waals surface area contributed by atoms with Crippen molar-refractivity contribution in [3.63, 3.8) is 0 Å². The zero-order valence-corrected chi connectivity index (χ0v) is 20.9. The molecule has 13 nitrogen and oxygen atoms in total. The van der Waals surface area contributed by atoms with Gasteiger partial charge in [0.15, 0.2) is 5.96 Å². The molecule has 0 spiro atoms. The lowest BCUT2D eigenvalue weighted by molar-refractivity contribution is -0.142. The molecule has 5 unspecified atom stereocenters. The molecule has 1 aromatic carbocycles. The van der Waals surface area contributed by atoms with Crippen LogP contribution < -0.4 is 33.2 Å². The number of carboxylic acid groups (broad SMARTS) is 1. The Morgan fingerprint density at radius 1 is 1.00 bits per heavy atom. The summed E-state index contributed by atoms with van der Waals surface area (Å²) in [5.74, 6) is -3.96. The summed E-state index contributed by atoms with van der Waals surface area (Å²) in [5, 5.41) is 26.3. The van der Waals surface area contributed by atoms with Gasteiger partial charge < -0.3 is 43.4 Å². The van der Waals surface area contributed by atoms with Crippen molar-refractivity contribution in [1.29, 1.82) is 0 Å². The first-order valence-corrected chi connectivity index (χ1v) is 11.9. The van der Waals surface area contributed by atoms with Gasteiger partial charge in [0.05, 0.1) is 12.1 Å². The molecule has 0 aliphatic rings. The highest BCUT2D eigenvalue weighted by Crippen LogP contribution is 2.06. The van der Waals surface area contributed by atoms with Crippen molar-refractivity contribution in [1.82, 2.24) is 16.0 Å². The normalized spacial score (nSPS) is 14.9. The Labute approximate surface area is 214 Å². The first-order chi connectivity index (χ1) is 17.0. The monoisotopic (exact) mass is 525 g/mol. The Morgan fingerprint density at radius 2 is 1.61 bits per heavy atom. The number of aliphatic carboxylic acids is 1. The zero-order chi connectivity index (χ0) is 27.3. The fourth-order valence-corrected chi connectivity index (χ4v) is 3.37. The van der Waals surface area contributed by atoms with E-state index in [4.69, 9.17) is 22.3 Å². The quantitative estimate of drug-likeness (QED) is 0.0507. The highest BCUT2D eigenvalue weighted by molar-refractivity contribution is 7.80. The van der Waals surface area contributed by atoms with Crippen LogP contribution in [0.25, 0.3) is 0 Å². The summed E-state index contributed by atoms with van der Waals surface area (Å²) >= 11 is 3.87. The molecule has 1 rings (SSSR count). The number of hydrogen-bond acceptors (Lipinski definition) is 8. The first kappa shape index (κ1) is 30.7. The van der Waals surface area contributed by atoms with Crippen LogP contribution in [0.15, 0.2) is 35.3 Å². The highest BCUT2D eigenvalue weighted by atomic mass is 32.1. The van der Waals surface area contributed by atoms with Gasteiger partial charge in [0.2, 0.25) is 17.7 Å². The van der Waals surface area contributed by atoms with E-state index in [1.54, 1.807) is 0 Å². The van der Waals surface area contributed by atoms with E-state index in [1.807, 2.05) is 30.3 Å². The average Bonchev–Trinajstić information content (AvgIpc) is 2.82. The van der Waals surface area contributed by atoms with Crippen molar-refractivity contribution in [3.05, 3.63) is 35.9 Å². The highest BCUT2D eigenvalue weighted by Gasteiger charge is 2.32. The molecule has 0 saturated heterocycles. The van der Waals surface area contributed by atoms with E-state index in [1.165, 1.54) is 6.92 Å². The molecule has 0 aliphatic heterocycles. The molecule has 0 heterocycles. The van der Waals surface area contributed by atoms with Crippen LogP contribution in [0.3, 0.4) is 0 Å². The van der Waals surface area contributed by atoms with Crippen LogP contribution in [0.5, 0.6) is 0 Å². The SMILES string of the molecule is CC(O)C(NC(=O)C(CCCN=C(N)N)NC(=O)C(N)Cc1ccccc1)C(=O)NC(CS)C(=O)O. The average molecular weight is 526 g/mol. The van der Waals surface area contributed by atoms with Crippen LogP contribution in [0.1, 0.15) is 25.3 Å². The first-order valence-electron chi connectivity index (χ1n) is 11.2. The predicted octanol–water partition coefficient (Wildman–Crippen LogP) is -2.54. The predicted molar refractivity (Wildman–Crippen MR) is 137 cm³/mol. The van der Waals surface area contributed by atoms with E-state index in [0.29, 0.717) is 6.42 Å². The zero-order valence-electron chi connectivity index (χ0n) is 20.0. The van der Waals surface area contributed by atoms with Crippen molar-refractivity contribution in [2.75, 3.05) is 12.3 Å². The molecular formula is C22H35N7O6S. The lowest BCUT2D eigenvalue weighted by Gasteiger charge is -2.26. The topological polar surface area (TPSA) is 235 Å². The Hall–Kier alpha value is -3.36. The molecule has 3 amide bonds. The molecule has 36 heavy (non-hydrogen) atoms. The number of rotatable bonds is 15. The number of guanidine groups is 1. The second-order valence-electron chi connectivity index (χ2n) is 8.12. The molecule has 0 aliphatic carbocycles. The van der Waals surface area contributed by atoms with Gasteiger partial charge >= 0.3 is 5.97 Å². The summed E-state index contributed by atoms with van der Waals surface area (Å²) in [6.07, 6.45) is -0.749. The Balaban J connectivity index is 2.96. The van der Waals surface area contributed by atoms with E-state index < -0.39 is 54.0 Å². The number of benzene rings is 1. The maximum absolute atomic E-state index is 13.0. The third kappa shape index (κ3) is 10.9. The van der Waals surface area contributed by atoms with Crippen molar-refractivity contribution in [2.45, 2.75) is 56.5 Å². The van der Waals surface area contributed by atoms with E-state index in [0.717, 1.165) is 5.56 Å². The number of carbonyl (C=O) groups excluding carboxylic acids is 3. The summed E-state index contributed by atoms with van der Waals surface area (Å²) < 4.78 is 0. The van der Waals surface area contributed by atoms with Gasteiger partial charge in [0, 0.05) is 12.3 Å². The number of nitrogens with one attached hydrogen (secondary N) is 3. The molecule has 0 fully saturated rings. The smallest absolute Gasteiger partial charge is 0.327 e. The Bertz CT molecular complexity index is 911. The number of aliphatic imine (C=N–C) groups is 1. The number of aliphatic hydroxyl groups is 1. The summed E-state index contributed by atoms with van der Waals surface area (Å²) in [4.78, 5) is 53.3. The maximum atomic E-state index is 13.0. The van der Waals surface area contributed by atoms with Gasteiger partial charge in [-0.2, -0.15) is 12.6 Å². The number of amides is 3. The van der Waals surface area contributed by atoms with Crippen LogP contribution in [0.4, 0.5) is 0 Å². The van der Waals surface area contributed by atoms with Crippen LogP contribution >= 0.6 is 12.6 Å². The second-order valence-corrected chi connectivity index (χ2v) is 8.48. The van der Waals surface area contributed by atoms with Crippen LogP contribution in [-0.2, 0) is 25.6 Å². The van der Waals surface area contributed by atoms with Gasteiger partial charge in [0.1, 0.15) is 18.1 Å². The van der Waals surface area contributed by atoms with Crippen LogP contribution in [-0.4, -0.2) is 82.4 Å². The lowest BCUT2D eigenvalue weighted by atomic mass is 10.0. The number of carbonyl (C=O) groups is 4. The number of hydrogen-bond donors (Lipinski definition) is 9. The Kier molecular flexibility index (Phi) is 13.3. The van der Waals surface area contributed by atoms with Gasteiger partial charge in [-0.1, -0.05) is 30.3 Å². The molecule has 0 radical (unpaired) electrons. The third-order valence-corrected chi connectivity index (χ3v) is 5.44. The van der Waals surface area contributed by atoms with Crippen molar-refractivity contribution in [2.24, 2.45) is 22.2 Å². The fourth-order valence-electron chi connectivity index (χ4n) is 3.12. The molecule has 11 N–H and O–H groups in total.